The molecule has 2 aliphatic heterocycles. The SMILES string of the molecule is Cc1cc(F)ccc1CNC1CCN(c2nnc(N3CCOCC3)c3ccccc23)CC1. The fourth-order valence-corrected chi connectivity index (χ4v) is 4.73. The number of halogens is 1. The van der Waals surface area contributed by atoms with Gasteiger partial charge in [-0.3, -0.25) is 0 Å². The van der Waals surface area contributed by atoms with Crippen molar-refractivity contribution in [2.75, 3.05) is 49.2 Å². The van der Waals surface area contributed by atoms with E-state index in [4.69, 9.17) is 4.74 Å². The molecule has 5 rings (SSSR count). The zero-order chi connectivity index (χ0) is 21.9. The van der Waals surface area contributed by atoms with Crippen molar-refractivity contribution >= 4 is 22.4 Å². The largest absolute Gasteiger partial charge is 0.378 e. The monoisotopic (exact) mass is 435 g/mol. The van der Waals surface area contributed by atoms with Gasteiger partial charge in [0.25, 0.3) is 0 Å². The number of aryl methyl sites for hydroxylation is 1. The molecule has 3 aromatic rings. The lowest BCUT2D eigenvalue weighted by Gasteiger charge is -2.34. The summed E-state index contributed by atoms with van der Waals surface area (Å²) in [6.07, 6.45) is 2.09. The summed E-state index contributed by atoms with van der Waals surface area (Å²) in [7, 11) is 0. The number of benzene rings is 2. The Labute approximate surface area is 188 Å². The highest BCUT2D eigenvalue weighted by molar-refractivity contribution is 5.98. The average Bonchev–Trinajstić information content (AvgIpc) is 2.84. The summed E-state index contributed by atoms with van der Waals surface area (Å²) in [6, 6.07) is 13.9. The number of rotatable bonds is 5. The van der Waals surface area contributed by atoms with Gasteiger partial charge >= 0.3 is 0 Å². The molecule has 0 unspecified atom stereocenters. The van der Waals surface area contributed by atoms with Crippen molar-refractivity contribution in [2.24, 2.45) is 0 Å². The number of hydrogen-bond acceptors (Lipinski definition) is 6. The lowest BCUT2D eigenvalue weighted by atomic mass is 10.0. The number of morpholine rings is 1. The van der Waals surface area contributed by atoms with Gasteiger partial charge in [-0.25, -0.2) is 4.39 Å². The van der Waals surface area contributed by atoms with E-state index in [1.165, 1.54) is 6.07 Å². The highest BCUT2D eigenvalue weighted by Crippen LogP contribution is 2.32. The van der Waals surface area contributed by atoms with E-state index in [-0.39, 0.29) is 5.82 Å². The minimum Gasteiger partial charge on any atom is -0.378 e. The van der Waals surface area contributed by atoms with E-state index < -0.39 is 0 Å². The molecule has 2 fully saturated rings. The van der Waals surface area contributed by atoms with Crippen LogP contribution in [0.25, 0.3) is 10.8 Å². The summed E-state index contributed by atoms with van der Waals surface area (Å²) in [6.45, 7) is 7.78. The van der Waals surface area contributed by atoms with Crippen LogP contribution in [0.3, 0.4) is 0 Å². The smallest absolute Gasteiger partial charge is 0.159 e. The molecule has 2 aromatic carbocycles. The zero-order valence-corrected chi connectivity index (χ0v) is 18.6. The third-order valence-electron chi connectivity index (χ3n) is 6.64. The number of anilines is 2. The molecule has 0 bridgehead atoms. The maximum Gasteiger partial charge on any atom is 0.159 e. The van der Waals surface area contributed by atoms with Crippen LogP contribution in [0, 0.1) is 12.7 Å². The highest BCUT2D eigenvalue weighted by Gasteiger charge is 2.24. The van der Waals surface area contributed by atoms with Gasteiger partial charge in [-0.2, -0.15) is 0 Å². The van der Waals surface area contributed by atoms with Crippen LogP contribution in [0.5, 0.6) is 0 Å². The van der Waals surface area contributed by atoms with Gasteiger partial charge in [-0.1, -0.05) is 30.3 Å². The number of ether oxygens (including phenoxy) is 1. The van der Waals surface area contributed by atoms with Crippen LogP contribution >= 0.6 is 0 Å². The standard InChI is InChI=1S/C25H30FN5O/c1-18-16-20(26)7-6-19(18)17-27-21-8-10-30(11-9-21)24-22-4-2-3-5-23(22)25(29-28-24)31-12-14-32-15-13-31/h2-7,16,21,27H,8-15,17H2,1H3. The van der Waals surface area contributed by atoms with Gasteiger partial charge in [-0.15, -0.1) is 10.2 Å². The fraction of sp³-hybridized carbons (Fsp3) is 0.440. The average molecular weight is 436 g/mol. The van der Waals surface area contributed by atoms with Gasteiger partial charge in [0, 0.05) is 49.5 Å². The van der Waals surface area contributed by atoms with E-state index in [0.717, 1.165) is 92.3 Å². The summed E-state index contributed by atoms with van der Waals surface area (Å²) < 4.78 is 18.8. The molecule has 32 heavy (non-hydrogen) atoms. The molecular weight excluding hydrogens is 405 g/mol. The third kappa shape index (κ3) is 4.40. The minimum atomic E-state index is -0.174. The van der Waals surface area contributed by atoms with Crippen LogP contribution in [-0.2, 0) is 11.3 Å². The molecule has 1 aromatic heterocycles. The van der Waals surface area contributed by atoms with E-state index in [1.807, 2.05) is 13.0 Å². The van der Waals surface area contributed by atoms with Gasteiger partial charge < -0.3 is 19.9 Å². The van der Waals surface area contributed by atoms with Gasteiger partial charge in [0.2, 0.25) is 0 Å². The van der Waals surface area contributed by atoms with E-state index in [0.29, 0.717) is 6.04 Å². The first kappa shape index (κ1) is 21.1. The molecular formula is C25H30FN5O. The number of piperidine rings is 1. The minimum absolute atomic E-state index is 0.174. The first-order valence-electron chi connectivity index (χ1n) is 11.5. The topological polar surface area (TPSA) is 53.5 Å². The molecule has 0 aliphatic carbocycles. The third-order valence-corrected chi connectivity index (χ3v) is 6.64. The zero-order valence-electron chi connectivity index (χ0n) is 18.6. The number of nitrogens with one attached hydrogen (secondary N) is 1. The van der Waals surface area contributed by atoms with Crippen molar-refractivity contribution in [2.45, 2.75) is 32.4 Å². The maximum absolute atomic E-state index is 13.3. The summed E-state index contributed by atoms with van der Waals surface area (Å²) in [5.41, 5.74) is 2.15. The quantitative estimate of drug-likeness (QED) is 0.660. The summed E-state index contributed by atoms with van der Waals surface area (Å²) >= 11 is 0. The number of nitrogens with zero attached hydrogens (tertiary/aromatic N) is 4. The summed E-state index contributed by atoms with van der Waals surface area (Å²) in [5, 5.41) is 15.3. The lowest BCUT2D eigenvalue weighted by molar-refractivity contribution is 0.122. The van der Waals surface area contributed by atoms with Crippen LogP contribution in [-0.4, -0.2) is 55.6 Å². The molecule has 168 valence electrons. The van der Waals surface area contributed by atoms with Crippen LogP contribution in [0.1, 0.15) is 24.0 Å². The Morgan fingerprint density at radius 3 is 2.19 bits per heavy atom. The first-order valence-corrected chi connectivity index (χ1v) is 11.5. The van der Waals surface area contributed by atoms with Gasteiger partial charge in [0.05, 0.1) is 13.2 Å². The number of hydrogen-bond donors (Lipinski definition) is 1. The Bertz CT molecular complexity index is 1080. The predicted octanol–water partition coefficient (Wildman–Crippen LogP) is 3.67. The molecule has 0 amide bonds. The van der Waals surface area contributed by atoms with Gasteiger partial charge in [-0.05, 0) is 43.0 Å². The molecule has 0 atom stereocenters. The summed E-state index contributed by atoms with van der Waals surface area (Å²) in [4.78, 5) is 4.63. The van der Waals surface area contributed by atoms with Crippen LogP contribution in [0.4, 0.5) is 16.0 Å². The van der Waals surface area contributed by atoms with Crippen molar-refractivity contribution in [3.05, 3.63) is 59.4 Å². The highest BCUT2D eigenvalue weighted by atomic mass is 19.1. The van der Waals surface area contributed by atoms with E-state index in [2.05, 4.69) is 49.6 Å². The first-order chi connectivity index (χ1) is 15.7. The molecule has 2 aliphatic rings. The Morgan fingerprint density at radius 2 is 1.56 bits per heavy atom. The lowest BCUT2D eigenvalue weighted by Crippen LogP contribution is -2.43. The normalized spacial score (nSPS) is 17.8. The number of fused-ring (bicyclic) bond motifs is 1. The molecule has 7 heteroatoms. The van der Waals surface area contributed by atoms with Crippen LogP contribution in [0.15, 0.2) is 42.5 Å². The second kappa shape index (κ2) is 9.38. The fourth-order valence-electron chi connectivity index (χ4n) is 4.73. The molecule has 0 spiro atoms. The van der Waals surface area contributed by atoms with Crippen molar-refractivity contribution < 1.29 is 9.13 Å². The van der Waals surface area contributed by atoms with Crippen molar-refractivity contribution in [1.29, 1.82) is 0 Å². The van der Waals surface area contributed by atoms with Crippen LogP contribution in [0.2, 0.25) is 0 Å². The summed E-state index contributed by atoms with van der Waals surface area (Å²) in [5.74, 6) is 1.76. The Morgan fingerprint density at radius 1 is 0.938 bits per heavy atom. The number of aromatic nitrogens is 2. The van der Waals surface area contributed by atoms with Crippen molar-refractivity contribution in [3.8, 4) is 0 Å². The van der Waals surface area contributed by atoms with Gasteiger partial charge in [0.15, 0.2) is 11.6 Å². The predicted molar refractivity (Wildman–Crippen MR) is 126 cm³/mol. The molecule has 1 N–H and O–H groups in total. The molecule has 6 nitrogen and oxygen atoms in total. The van der Waals surface area contributed by atoms with E-state index in [1.54, 1.807) is 6.07 Å². The molecule has 2 saturated heterocycles. The second-order valence-corrected chi connectivity index (χ2v) is 8.71. The second-order valence-electron chi connectivity index (χ2n) is 8.71. The van der Waals surface area contributed by atoms with Gasteiger partial charge in [0.1, 0.15) is 5.82 Å². The van der Waals surface area contributed by atoms with E-state index in [9.17, 15) is 4.39 Å². The molecule has 0 radical (unpaired) electrons. The Balaban J connectivity index is 1.27. The van der Waals surface area contributed by atoms with E-state index >= 15 is 0 Å². The molecule has 0 saturated carbocycles. The Kier molecular flexibility index (Phi) is 6.19. The maximum atomic E-state index is 13.3. The Hall–Kier alpha value is -2.77. The molecule has 3 heterocycles. The van der Waals surface area contributed by atoms with Crippen molar-refractivity contribution in [1.82, 2.24) is 15.5 Å². The van der Waals surface area contributed by atoms with Crippen LogP contribution < -0.4 is 15.1 Å². The van der Waals surface area contributed by atoms with Crippen molar-refractivity contribution in [3.63, 3.8) is 0 Å².